The molecule has 0 spiro atoms. The molecule has 0 bridgehead atoms. The van der Waals surface area contributed by atoms with Crippen molar-refractivity contribution in [1.29, 1.82) is 0 Å². The molecule has 29 heavy (non-hydrogen) atoms. The van der Waals surface area contributed by atoms with Gasteiger partial charge in [-0.1, -0.05) is 12.1 Å². The fraction of sp³-hybridized carbons (Fsp3) is 0.333. The van der Waals surface area contributed by atoms with Crippen molar-refractivity contribution in [3.05, 3.63) is 42.5 Å². The number of hydrogen-bond donors (Lipinski definition) is 2. The van der Waals surface area contributed by atoms with Gasteiger partial charge in [0.15, 0.2) is 0 Å². The molecule has 1 unspecified atom stereocenters. The fourth-order valence-corrected chi connectivity index (χ4v) is 3.34. The summed E-state index contributed by atoms with van der Waals surface area (Å²) in [6.07, 6.45) is 1.33. The van der Waals surface area contributed by atoms with Crippen LogP contribution in [0.25, 0.3) is 0 Å². The lowest BCUT2D eigenvalue weighted by atomic mass is 10.2. The predicted octanol–water partition coefficient (Wildman–Crippen LogP) is 3.35. The number of carbonyl (C=O) groups excluding carboxylic acids is 2. The van der Waals surface area contributed by atoms with Crippen molar-refractivity contribution in [2.75, 3.05) is 38.5 Å². The molecule has 154 valence electrons. The Hall–Kier alpha value is -3.42. The lowest BCUT2D eigenvalue weighted by Gasteiger charge is -2.25. The van der Waals surface area contributed by atoms with Crippen LogP contribution in [0.2, 0.25) is 0 Å². The van der Waals surface area contributed by atoms with Crippen LogP contribution in [0.3, 0.4) is 0 Å². The molecule has 2 aromatic carbocycles. The lowest BCUT2D eigenvalue weighted by Crippen LogP contribution is -2.45. The van der Waals surface area contributed by atoms with E-state index in [0.717, 1.165) is 6.42 Å². The Labute approximate surface area is 169 Å². The number of ether oxygens (including phenoxy) is 3. The van der Waals surface area contributed by atoms with Crippen molar-refractivity contribution in [2.24, 2.45) is 0 Å². The van der Waals surface area contributed by atoms with Crippen molar-refractivity contribution < 1.29 is 23.8 Å². The van der Waals surface area contributed by atoms with Crippen LogP contribution in [0.1, 0.15) is 12.8 Å². The molecule has 1 saturated heterocycles. The molecule has 0 radical (unpaired) electrons. The molecule has 0 aliphatic carbocycles. The van der Waals surface area contributed by atoms with Gasteiger partial charge in [-0.15, -0.1) is 0 Å². The fourth-order valence-electron chi connectivity index (χ4n) is 3.34. The summed E-state index contributed by atoms with van der Waals surface area (Å²) in [5.41, 5.74) is 1.08. The summed E-state index contributed by atoms with van der Waals surface area (Å²) < 4.78 is 15.8. The second-order valence-corrected chi connectivity index (χ2v) is 6.54. The van der Waals surface area contributed by atoms with Crippen molar-refractivity contribution in [3.63, 3.8) is 0 Å². The molecule has 1 fully saturated rings. The maximum absolute atomic E-state index is 12.9. The van der Waals surface area contributed by atoms with E-state index in [9.17, 15) is 9.59 Å². The van der Waals surface area contributed by atoms with Crippen molar-refractivity contribution in [2.45, 2.75) is 18.9 Å². The van der Waals surface area contributed by atoms with Gasteiger partial charge in [-0.3, -0.25) is 4.79 Å². The van der Waals surface area contributed by atoms with Crippen LogP contribution in [-0.2, 0) is 4.79 Å². The van der Waals surface area contributed by atoms with Crippen molar-refractivity contribution in [1.82, 2.24) is 4.90 Å². The van der Waals surface area contributed by atoms with E-state index in [0.29, 0.717) is 41.6 Å². The number of nitrogens with one attached hydrogen (secondary N) is 2. The second-order valence-electron chi connectivity index (χ2n) is 6.54. The summed E-state index contributed by atoms with van der Waals surface area (Å²) >= 11 is 0. The van der Waals surface area contributed by atoms with E-state index < -0.39 is 6.04 Å². The monoisotopic (exact) mass is 399 g/mol. The standard InChI is InChI=1S/C21H25N3O5/c1-27-14-10-11-16(19(13-14)29-3)22-20(25)17-8-6-12-24(17)21(26)23-15-7-4-5-9-18(15)28-2/h4-5,7,9-11,13,17H,6,8,12H2,1-3H3,(H,22,25)(H,23,26). The molecule has 3 rings (SSSR count). The Bertz CT molecular complexity index is 886. The highest BCUT2D eigenvalue weighted by molar-refractivity contribution is 6.00. The zero-order valence-corrected chi connectivity index (χ0v) is 16.7. The van der Waals surface area contributed by atoms with Crippen LogP contribution in [0.15, 0.2) is 42.5 Å². The van der Waals surface area contributed by atoms with E-state index in [1.165, 1.54) is 12.0 Å². The van der Waals surface area contributed by atoms with Crippen molar-refractivity contribution >= 4 is 23.3 Å². The smallest absolute Gasteiger partial charge is 0.322 e. The number of likely N-dealkylation sites (tertiary alicyclic amines) is 1. The number of anilines is 2. The minimum atomic E-state index is -0.573. The van der Waals surface area contributed by atoms with Crippen LogP contribution in [0.5, 0.6) is 17.2 Å². The summed E-state index contributed by atoms with van der Waals surface area (Å²) in [6.45, 7) is 0.499. The topological polar surface area (TPSA) is 89.1 Å². The van der Waals surface area contributed by atoms with Gasteiger partial charge in [0.1, 0.15) is 23.3 Å². The highest BCUT2D eigenvalue weighted by Gasteiger charge is 2.34. The third-order valence-corrected chi connectivity index (χ3v) is 4.83. The highest BCUT2D eigenvalue weighted by Crippen LogP contribution is 2.30. The van der Waals surface area contributed by atoms with Gasteiger partial charge < -0.3 is 29.7 Å². The normalized spacial score (nSPS) is 15.6. The number of nitrogens with zero attached hydrogens (tertiary/aromatic N) is 1. The average molecular weight is 399 g/mol. The Morgan fingerprint density at radius 3 is 2.38 bits per heavy atom. The van der Waals surface area contributed by atoms with Gasteiger partial charge in [0.2, 0.25) is 5.91 Å². The lowest BCUT2D eigenvalue weighted by molar-refractivity contribution is -0.119. The first-order chi connectivity index (χ1) is 14.1. The van der Waals surface area contributed by atoms with Gasteiger partial charge in [0, 0.05) is 12.6 Å². The third kappa shape index (κ3) is 4.53. The van der Waals surface area contributed by atoms with E-state index >= 15 is 0 Å². The molecule has 1 aliphatic rings. The maximum atomic E-state index is 12.9. The first-order valence-electron chi connectivity index (χ1n) is 9.31. The molecule has 0 saturated carbocycles. The predicted molar refractivity (Wildman–Crippen MR) is 110 cm³/mol. The molecule has 2 aromatic rings. The quantitative estimate of drug-likeness (QED) is 0.778. The molecule has 1 atom stereocenters. The van der Waals surface area contributed by atoms with E-state index in [1.807, 2.05) is 12.1 Å². The van der Waals surface area contributed by atoms with Gasteiger partial charge in [-0.2, -0.15) is 0 Å². The summed E-state index contributed by atoms with van der Waals surface area (Å²) in [4.78, 5) is 27.2. The van der Waals surface area contributed by atoms with Crippen LogP contribution in [0, 0.1) is 0 Å². The summed E-state index contributed by atoms with van der Waals surface area (Å²) in [6, 6.07) is 11.4. The largest absolute Gasteiger partial charge is 0.497 e. The summed E-state index contributed by atoms with van der Waals surface area (Å²) in [5.74, 6) is 1.41. The van der Waals surface area contributed by atoms with Crippen molar-refractivity contribution in [3.8, 4) is 17.2 Å². The number of amides is 3. The van der Waals surface area contributed by atoms with E-state index in [1.54, 1.807) is 44.6 Å². The molecule has 1 heterocycles. The summed E-state index contributed by atoms with van der Waals surface area (Å²) in [7, 11) is 4.62. The Kier molecular flexibility index (Phi) is 6.43. The van der Waals surface area contributed by atoms with E-state index in [2.05, 4.69) is 10.6 Å². The highest BCUT2D eigenvalue weighted by atomic mass is 16.5. The first kappa shape index (κ1) is 20.3. The zero-order chi connectivity index (χ0) is 20.8. The SMILES string of the molecule is COc1ccc(NC(=O)C2CCCN2C(=O)Nc2ccccc2OC)c(OC)c1. The maximum Gasteiger partial charge on any atom is 0.322 e. The average Bonchev–Trinajstić information content (AvgIpc) is 3.24. The molecule has 3 amide bonds. The first-order valence-corrected chi connectivity index (χ1v) is 9.31. The van der Waals surface area contributed by atoms with Crippen LogP contribution < -0.4 is 24.8 Å². The van der Waals surface area contributed by atoms with Gasteiger partial charge in [-0.05, 0) is 37.1 Å². The third-order valence-electron chi connectivity index (χ3n) is 4.83. The second kappa shape index (κ2) is 9.18. The summed E-state index contributed by atoms with van der Waals surface area (Å²) in [5, 5.41) is 5.69. The number of urea groups is 1. The number of rotatable bonds is 6. The van der Waals surface area contributed by atoms with Gasteiger partial charge in [0.25, 0.3) is 0 Å². The number of carbonyl (C=O) groups is 2. The molecule has 8 heteroatoms. The number of methoxy groups -OCH3 is 3. The number of benzene rings is 2. The van der Waals surface area contributed by atoms with Crippen LogP contribution in [0.4, 0.5) is 16.2 Å². The molecule has 2 N–H and O–H groups in total. The molecular weight excluding hydrogens is 374 g/mol. The Balaban J connectivity index is 1.71. The Morgan fingerprint density at radius 1 is 0.931 bits per heavy atom. The number of para-hydroxylation sites is 2. The molecule has 0 aromatic heterocycles. The molecular formula is C21H25N3O5. The molecule has 1 aliphatic heterocycles. The van der Waals surface area contributed by atoms with Gasteiger partial charge >= 0.3 is 6.03 Å². The van der Waals surface area contributed by atoms with Gasteiger partial charge in [0.05, 0.1) is 32.7 Å². The van der Waals surface area contributed by atoms with E-state index in [4.69, 9.17) is 14.2 Å². The van der Waals surface area contributed by atoms with Crippen LogP contribution >= 0.6 is 0 Å². The van der Waals surface area contributed by atoms with Crippen LogP contribution in [-0.4, -0.2) is 50.8 Å². The minimum Gasteiger partial charge on any atom is -0.497 e. The Morgan fingerprint density at radius 2 is 1.66 bits per heavy atom. The zero-order valence-electron chi connectivity index (χ0n) is 16.7. The number of hydrogen-bond acceptors (Lipinski definition) is 5. The molecule has 8 nitrogen and oxygen atoms in total. The van der Waals surface area contributed by atoms with E-state index in [-0.39, 0.29) is 11.9 Å². The minimum absolute atomic E-state index is 0.263. The van der Waals surface area contributed by atoms with Gasteiger partial charge in [-0.25, -0.2) is 4.79 Å².